The zero-order valence-electron chi connectivity index (χ0n) is 11.5. The summed E-state index contributed by atoms with van der Waals surface area (Å²) in [4.78, 5) is 29.3. The molecule has 112 valence electrons. The first-order valence-corrected chi connectivity index (χ1v) is 6.48. The van der Waals surface area contributed by atoms with Gasteiger partial charge in [0.1, 0.15) is 6.04 Å². The number of hydrogen-bond acceptors (Lipinski definition) is 6. The predicted molar refractivity (Wildman–Crippen MR) is 74.8 cm³/mol. The van der Waals surface area contributed by atoms with E-state index in [-0.39, 0.29) is 11.7 Å². The number of rotatable bonds is 4. The summed E-state index contributed by atoms with van der Waals surface area (Å²) in [6.45, 7) is 1.69. The van der Waals surface area contributed by atoms with E-state index in [0.29, 0.717) is 5.82 Å². The summed E-state index contributed by atoms with van der Waals surface area (Å²) in [5, 5.41) is 12.1. The molecule has 9 nitrogen and oxygen atoms in total. The van der Waals surface area contributed by atoms with Crippen molar-refractivity contribution in [1.29, 1.82) is 0 Å². The minimum atomic E-state index is -0.554. The fraction of sp³-hybridized carbons (Fsp3) is 0.154. The normalized spacial score (nSPS) is 12.0. The second-order valence-electron chi connectivity index (χ2n) is 4.54. The third-order valence-corrected chi connectivity index (χ3v) is 2.91. The third-order valence-electron chi connectivity index (χ3n) is 2.91. The summed E-state index contributed by atoms with van der Waals surface area (Å²) >= 11 is 0. The van der Waals surface area contributed by atoms with Gasteiger partial charge in [0.2, 0.25) is 17.5 Å². The zero-order chi connectivity index (χ0) is 15.5. The van der Waals surface area contributed by atoms with Crippen LogP contribution in [0.5, 0.6) is 0 Å². The molecular weight excluding hydrogens is 288 g/mol. The van der Waals surface area contributed by atoms with Gasteiger partial charge in [-0.05, 0) is 6.92 Å². The fourth-order valence-corrected chi connectivity index (χ4v) is 1.82. The highest BCUT2D eigenvalue weighted by atomic mass is 16.5. The van der Waals surface area contributed by atoms with Gasteiger partial charge in [0, 0.05) is 5.56 Å². The molecule has 0 fully saturated rings. The lowest BCUT2D eigenvalue weighted by Gasteiger charge is -2.07. The molecule has 22 heavy (non-hydrogen) atoms. The Morgan fingerprint density at radius 3 is 2.77 bits per heavy atom. The van der Waals surface area contributed by atoms with Crippen LogP contribution in [-0.2, 0) is 0 Å². The maximum absolute atomic E-state index is 11.9. The molecule has 9 heteroatoms. The van der Waals surface area contributed by atoms with Crippen LogP contribution in [0, 0.1) is 0 Å². The molecule has 2 heterocycles. The Kier molecular flexibility index (Phi) is 3.52. The molecule has 0 saturated heterocycles. The quantitative estimate of drug-likeness (QED) is 0.648. The molecule has 0 spiro atoms. The van der Waals surface area contributed by atoms with Crippen molar-refractivity contribution in [2.45, 2.75) is 13.0 Å². The Bertz CT molecular complexity index is 835. The average molecular weight is 300 g/mol. The molecule has 1 atom stereocenters. The molecule has 0 aliphatic heterocycles. The lowest BCUT2D eigenvalue weighted by molar-refractivity contribution is 0.0922. The number of aromatic amines is 2. The van der Waals surface area contributed by atoms with Crippen molar-refractivity contribution >= 4 is 5.91 Å². The second-order valence-corrected chi connectivity index (χ2v) is 4.54. The molecule has 0 radical (unpaired) electrons. The number of carbonyl (C=O) groups excluding carboxylic acids is 1. The Morgan fingerprint density at radius 1 is 1.32 bits per heavy atom. The highest BCUT2D eigenvalue weighted by molar-refractivity contribution is 5.90. The molecule has 0 saturated carbocycles. The average Bonchev–Trinajstić information content (AvgIpc) is 3.17. The van der Waals surface area contributed by atoms with Gasteiger partial charge < -0.3 is 9.84 Å². The van der Waals surface area contributed by atoms with E-state index in [1.807, 2.05) is 30.3 Å². The van der Waals surface area contributed by atoms with Gasteiger partial charge >= 0.3 is 5.69 Å². The number of H-pyrrole nitrogens is 2. The largest absolute Gasteiger partial charge is 0.341 e. The molecule has 0 aliphatic carbocycles. The number of carbonyl (C=O) groups is 1. The zero-order valence-corrected chi connectivity index (χ0v) is 11.5. The summed E-state index contributed by atoms with van der Waals surface area (Å²) in [5.41, 5.74) is 0.259. The van der Waals surface area contributed by atoms with E-state index in [0.717, 1.165) is 5.56 Å². The number of nitrogens with one attached hydrogen (secondary N) is 3. The topological polar surface area (TPSA) is 130 Å². The van der Waals surface area contributed by atoms with Crippen molar-refractivity contribution < 1.29 is 9.32 Å². The lowest BCUT2D eigenvalue weighted by atomic mass is 10.2. The first-order chi connectivity index (χ1) is 10.6. The SMILES string of the molecule is CC(NC(=O)c1n[nH]c(=O)[nH]1)c1nc(-c2ccccc2)no1. The van der Waals surface area contributed by atoms with E-state index in [1.54, 1.807) is 6.92 Å². The molecular formula is C13H12N6O3. The van der Waals surface area contributed by atoms with Gasteiger partial charge in [0.25, 0.3) is 5.91 Å². The van der Waals surface area contributed by atoms with E-state index in [2.05, 4.69) is 30.6 Å². The smallest absolute Gasteiger partial charge is 0.338 e. The predicted octanol–water partition coefficient (Wildman–Crippen LogP) is 0.639. The van der Waals surface area contributed by atoms with Crippen LogP contribution in [0.3, 0.4) is 0 Å². The van der Waals surface area contributed by atoms with E-state index in [1.165, 1.54) is 0 Å². The monoisotopic (exact) mass is 300 g/mol. The van der Waals surface area contributed by atoms with Crippen LogP contribution < -0.4 is 11.0 Å². The number of benzene rings is 1. The summed E-state index contributed by atoms with van der Waals surface area (Å²) in [7, 11) is 0. The lowest BCUT2D eigenvalue weighted by Crippen LogP contribution is -2.28. The van der Waals surface area contributed by atoms with Crippen LogP contribution >= 0.6 is 0 Å². The Morgan fingerprint density at radius 2 is 2.09 bits per heavy atom. The molecule has 2 aromatic heterocycles. The van der Waals surface area contributed by atoms with Gasteiger partial charge in [-0.1, -0.05) is 35.5 Å². The standard InChI is InChI=1S/C13H12N6O3/c1-7(14-11(20)10-16-13(21)18-17-10)12-15-9(19-22-12)8-5-3-2-4-6-8/h2-7H,1H3,(H,14,20)(H2,16,17,18,21). The van der Waals surface area contributed by atoms with Crippen molar-refractivity contribution in [1.82, 2.24) is 30.6 Å². The summed E-state index contributed by atoms with van der Waals surface area (Å²) < 4.78 is 5.15. The van der Waals surface area contributed by atoms with Crippen molar-refractivity contribution in [3.05, 3.63) is 52.5 Å². The molecule has 3 aromatic rings. The summed E-state index contributed by atoms with van der Waals surface area (Å²) in [5.74, 6) is 0.0277. The number of nitrogens with zero attached hydrogens (tertiary/aromatic N) is 3. The highest BCUT2D eigenvalue weighted by Gasteiger charge is 2.19. The van der Waals surface area contributed by atoms with Crippen LogP contribution in [0.15, 0.2) is 39.6 Å². The maximum atomic E-state index is 11.9. The van der Waals surface area contributed by atoms with Crippen molar-refractivity contribution in [2.75, 3.05) is 0 Å². The van der Waals surface area contributed by atoms with Gasteiger partial charge in [-0.25, -0.2) is 9.89 Å². The van der Waals surface area contributed by atoms with E-state index >= 15 is 0 Å². The summed E-state index contributed by atoms with van der Waals surface area (Å²) in [6, 6.07) is 8.80. The number of aromatic nitrogens is 5. The van der Waals surface area contributed by atoms with Crippen LogP contribution in [0.25, 0.3) is 11.4 Å². The van der Waals surface area contributed by atoms with Crippen molar-refractivity contribution in [3.63, 3.8) is 0 Å². The first-order valence-electron chi connectivity index (χ1n) is 6.48. The van der Waals surface area contributed by atoms with Gasteiger partial charge in [0.15, 0.2) is 0 Å². The molecule has 0 aliphatic rings. The van der Waals surface area contributed by atoms with Gasteiger partial charge in [-0.15, -0.1) is 5.10 Å². The molecule has 3 rings (SSSR count). The van der Waals surface area contributed by atoms with Gasteiger partial charge in [-0.2, -0.15) is 4.98 Å². The van der Waals surface area contributed by atoms with Crippen LogP contribution in [-0.4, -0.2) is 31.2 Å². The minimum absolute atomic E-state index is 0.111. The summed E-state index contributed by atoms with van der Waals surface area (Å²) in [6.07, 6.45) is 0. The van der Waals surface area contributed by atoms with E-state index in [4.69, 9.17) is 4.52 Å². The Hall–Kier alpha value is -3.23. The number of hydrogen-bond donors (Lipinski definition) is 3. The molecule has 1 amide bonds. The highest BCUT2D eigenvalue weighted by Crippen LogP contribution is 2.18. The second kappa shape index (κ2) is 5.64. The van der Waals surface area contributed by atoms with Crippen LogP contribution in [0.1, 0.15) is 29.5 Å². The van der Waals surface area contributed by atoms with Gasteiger partial charge in [-0.3, -0.25) is 9.78 Å². The molecule has 0 bridgehead atoms. The minimum Gasteiger partial charge on any atom is -0.338 e. The Labute approximate surface area is 123 Å². The number of amides is 1. The molecule has 1 aromatic carbocycles. The van der Waals surface area contributed by atoms with E-state index < -0.39 is 17.6 Å². The van der Waals surface area contributed by atoms with Crippen LogP contribution in [0.4, 0.5) is 0 Å². The fourth-order valence-electron chi connectivity index (χ4n) is 1.82. The maximum Gasteiger partial charge on any atom is 0.341 e. The first kappa shape index (κ1) is 13.7. The molecule has 3 N–H and O–H groups in total. The van der Waals surface area contributed by atoms with Crippen molar-refractivity contribution in [2.24, 2.45) is 0 Å². The Balaban J connectivity index is 1.73. The third kappa shape index (κ3) is 2.77. The van der Waals surface area contributed by atoms with Crippen molar-refractivity contribution in [3.8, 4) is 11.4 Å². The van der Waals surface area contributed by atoms with Crippen LogP contribution in [0.2, 0.25) is 0 Å². The van der Waals surface area contributed by atoms with Gasteiger partial charge in [0.05, 0.1) is 0 Å². The molecule has 1 unspecified atom stereocenters. The van der Waals surface area contributed by atoms with E-state index in [9.17, 15) is 9.59 Å².